The summed E-state index contributed by atoms with van der Waals surface area (Å²) in [5.41, 5.74) is 3.15. The summed E-state index contributed by atoms with van der Waals surface area (Å²) >= 11 is 9.87. The van der Waals surface area contributed by atoms with Crippen LogP contribution in [0.4, 0.5) is 0 Å². The first-order valence-electron chi connectivity index (χ1n) is 9.14. The van der Waals surface area contributed by atoms with Gasteiger partial charge in [0.1, 0.15) is 11.5 Å². The van der Waals surface area contributed by atoms with Crippen LogP contribution in [0.15, 0.2) is 48.9 Å². The fraction of sp³-hybridized carbons (Fsp3) is 0.250. The van der Waals surface area contributed by atoms with E-state index in [-0.39, 0.29) is 23.8 Å². The second-order valence-corrected chi connectivity index (χ2v) is 9.08. The van der Waals surface area contributed by atoms with Gasteiger partial charge in [-0.1, -0.05) is 15.9 Å². The number of phenolic OH excluding ortho intramolecular Hbond substituents is 1. The van der Waals surface area contributed by atoms with Crippen LogP contribution in [0, 0.1) is 0 Å². The number of rotatable bonds is 6. The summed E-state index contributed by atoms with van der Waals surface area (Å²) in [6.07, 6.45) is 1.45. The number of hydrogen-bond donors (Lipinski definition) is 2. The van der Waals surface area contributed by atoms with Crippen molar-refractivity contribution in [2.75, 3.05) is 32.9 Å². The number of benzene rings is 2. The minimum Gasteiger partial charge on any atom is -0.506 e. The number of hydrazone groups is 1. The summed E-state index contributed by atoms with van der Waals surface area (Å²) in [6.45, 7) is 2.16. The minimum absolute atomic E-state index is 0.0617. The summed E-state index contributed by atoms with van der Waals surface area (Å²) in [5, 5.41) is 13.9. The van der Waals surface area contributed by atoms with E-state index in [1.807, 2.05) is 0 Å². The Morgan fingerprint density at radius 2 is 1.90 bits per heavy atom. The number of halogens is 3. The minimum atomic E-state index is -0.559. The van der Waals surface area contributed by atoms with Gasteiger partial charge in [-0.05, 0) is 67.8 Å². The van der Waals surface area contributed by atoms with E-state index in [0.717, 1.165) is 0 Å². The first-order chi connectivity index (χ1) is 14.8. The second kappa shape index (κ2) is 11.1. The maximum absolute atomic E-state index is 12.3. The molecule has 11 heteroatoms. The lowest BCUT2D eigenvalue weighted by molar-refractivity contribution is -0.137. The topological polar surface area (TPSA) is 100 Å². The lowest BCUT2D eigenvalue weighted by Gasteiger charge is -2.26. The van der Waals surface area contributed by atoms with Crippen molar-refractivity contribution >= 4 is 65.8 Å². The number of hydrogen-bond acceptors (Lipinski definition) is 6. The van der Waals surface area contributed by atoms with E-state index in [4.69, 9.17) is 9.47 Å². The predicted molar refractivity (Wildman–Crippen MR) is 126 cm³/mol. The number of phenols is 1. The molecular formula is C20H18Br3N3O5. The molecule has 1 aliphatic rings. The van der Waals surface area contributed by atoms with E-state index in [9.17, 15) is 14.7 Å². The Kier molecular flexibility index (Phi) is 8.47. The number of nitrogens with one attached hydrogen (secondary N) is 1. The summed E-state index contributed by atoms with van der Waals surface area (Å²) in [4.78, 5) is 26.2. The molecule has 3 rings (SSSR count). The number of aromatic hydroxyl groups is 1. The van der Waals surface area contributed by atoms with E-state index in [2.05, 4.69) is 58.3 Å². The van der Waals surface area contributed by atoms with Gasteiger partial charge in [-0.2, -0.15) is 5.10 Å². The molecule has 0 unspecified atom stereocenters. The highest BCUT2D eigenvalue weighted by Crippen LogP contribution is 2.31. The van der Waals surface area contributed by atoms with Gasteiger partial charge in [0.2, 0.25) is 0 Å². The lowest BCUT2D eigenvalue weighted by Crippen LogP contribution is -2.43. The molecule has 2 aromatic carbocycles. The summed E-state index contributed by atoms with van der Waals surface area (Å²) in [5.74, 6) is -0.305. The SMILES string of the molecule is O=C(N/N=C\c1ccc(OCC(=O)N2CCOCC2)c(Br)c1)c1cc(Br)cc(Br)c1O. The third-order valence-corrected chi connectivity index (χ3v) is 6.01. The second-order valence-electron chi connectivity index (χ2n) is 6.45. The molecule has 0 spiro atoms. The molecule has 1 aliphatic heterocycles. The maximum atomic E-state index is 12.3. The molecule has 0 radical (unpaired) electrons. The highest BCUT2D eigenvalue weighted by atomic mass is 79.9. The molecule has 1 saturated heterocycles. The number of carbonyl (C=O) groups is 2. The van der Waals surface area contributed by atoms with Crippen LogP contribution in [-0.4, -0.2) is 60.9 Å². The molecule has 0 bridgehead atoms. The van der Waals surface area contributed by atoms with Gasteiger partial charge in [-0.25, -0.2) is 5.43 Å². The van der Waals surface area contributed by atoms with Crippen molar-refractivity contribution in [2.45, 2.75) is 0 Å². The van der Waals surface area contributed by atoms with Gasteiger partial charge in [0.25, 0.3) is 11.8 Å². The Hall–Kier alpha value is -1.95. The van der Waals surface area contributed by atoms with Crippen LogP contribution in [0.2, 0.25) is 0 Å². The number of carbonyl (C=O) groups excluding carboxylic acids is 2. The summed E-state index contributed by atoms with van der Waals surface area (Å²) in [6, 6.07) is 8.31. The fourth-order valence-corrected chi connectivity index (χ4v) is 4.46. The van der Waals surface area contributed by atoms with Crippen molar-refractivity contribution in [3.63, 3.8) is 0 Å². The Morgan fingerprint density at radius 3 is 2.61 bits per heavy atom. The smallest absolute Gasteiger partial charge is 0.275 e. The van der Waals surface area contributed by atoms with Crippen molar-refractivity contribution in [1.29, 1.82) is 0 Å². The van der Waals surface area contributed by atoms with Crippen molar-refractivity contribution in [1.82, 2.24) is 10.3 Å². The predicted octanol–water partition coefficient (Wildman–Crippen LogP) is 3.68. The normalized spacial score (nSPS) is 14.0. The van der Waals surface area contributed by atoms with Gasteiger partial charge in [-0.3, -0.25) is 9.59 Å². The van der Waals surface area contributed by atoms with Crippen LogP contribution in [0.3, 0.4) is 0 Å². The van der Waals surface area contributed by atoms with Crippen molar-refractivity contribution in [3.05, 3.63) is 54.9 Å². The van der Waals surface area contributed by atoms with Crippen molar-refractivity contribution < 1.29 is 24.2 Å². The zero-order chi connectivity index (χ0) is 22.4. The zero-order valence-corrected chi connectivity index (χ0v) is 20.9. The van der Waals surface area contributed by atoms with Crippen LogP contribution in [0.1, 0.15) is 15.9 Å². The zero-order valence-electron chi connectivity index (χ0n) is 16.1. The molecule has 0 atom stereocenters. The summed E-state index contributed by atoms with van der Waals surface area (Å²) in [7, 11) is 0. The molecule has 2 amide bonds. The van der Waals surface area contributed by atoms with Gasteiger partial charge in [-0.15, -0.1) is 0 Å². The Balaban J connectivity index is 1.56. The first kappa shape index (κ1) is 23.7. The molecule has 0 aromatic heterocycles. The van der Waals surface area contributed by atoms with E-state index < -0.39 is 5.91 Å². The first-order valence-corrected chi connectivity index (χ1v) is 11.5. The van der Waals surface area contributed by atoms with Gasteiger partial charge in [0.15, 0.2) is 6.61 Å². The van der Waals surface area contributed by atoms with Gasteiger partial charge in [0.05, 0.1) is 33.9 Å². The molecule has 1 fully saturated rings. The van der Waals surface area contributed by atoms with Crippen molar-refractivity contribution in [3.8, 4) is 11.5 Å². The molecule has 164 valence electrons. The largest absolute Gasteiger partial charge is 0.506 e. The average Bonchev–Trinajstić information content (AvgIpc) is 2.76. The Bertz CT molecular complexity index is 1010. The molecule has 31 heavy (non-hydrogen) atoms. The number of amides is 2. The monoisotopic (exact) mass is 617 g/mol. The number of nitrogens with zero attached hydrogens (tertiary/aromatic N) is 2. The molecule has 2 N–H and O–H groups in total. The van der Waals surface area contributed by atoms with Crippen LogP contribution < -0.4 is 10.2 Å². The molecule has 2 aromatic rings. The van der Waals surface area contributed by atoms with Crippen molar-refractivity contribution in [2.24, 2.45) is 5.10 Å². The number of morpholine rings is 1. The van der Waals surface area contributed by atoms with E-state index in [0.29, 0.717) is 51.0 Å². The standard InChI is InChI=1S/C20H18Br3N3O5/c21-13-8-14(19(28)16(23)9-13)20(29)25-24-10-12-1-2-17(15(22)7-12)31-11-18(27)26-3-5-30-6-4-26/h1-2,7-10,28H,3-6,11H2,(H,25,29)/b24-10-. The van der Waals surface area contributed by atoms with E-state index in [1.54, 1.807) is 29.2 Å². The van der Waals surface area contributed by atoms with Gasteiger partial charge < -0.3 is 19.5 Å². The molecule has 1 heterocycles. The molecular weight excluding hydrogens is 602 g/mol. The number of ether oxygens (including phenoxy) is 2. The highest BCUT2D eigenvalue weighted by Gasteiger charge is 2.18. The average molecular weight is 620 g/mol. The molecule has 8 nitrogen and oxygen atoms in total. The van der Waals surface area contributed by atoms with Crippen LogP contribution in [0.5, 0.6) is 11.5 Å². The van der Waals surface area contributed by atoms with Crippen LogP contribution in [0.25, 0.3) is 0 Å². The third-order valence-electron chi connectivity index (χ3n) is 4.32. The third kappa shape index (κ3) is 6.52. The maximum Gasteiger partial charge on any atom is 0.275 e. The van der Waals surface area contributed by atoms with Gasteiger partial charge >= 0.3 is 0 Å². The quantitative estimate of drug-likeness (QED) is 0.380. The van der Waals surface area contributed by atoms with Crippen LogP contribution >= 0.6 is 47.8 Å². The lowest BCUT2D eigenvalue weighted by atomic mass is 10.2. The van der Waals surface area contributed by atoms with E-state index >= 15 is 0 Å². The van der Waals surface area contributed by atoms with Gasteiger partial charge in [0, 0.05) is 17.6 Å². The highest BCUT2D eigenvalue weighted by molar-refractivity contribution is 9.11. The Labute approximate surface area is 204 Å². The Morgan fingerprint density at radius 1 is 1.16 bits per heavy atom. The molecule has 0 aliphatic carbocycles. The fourth-order valence-electron chi connectivity index (χ4n) is 2.72. The van der Waals surface area contributed by atoms with E-state index in [1.165, 1.54) is 12.3 Å². The molecule has 0 saturated carbocycles. The summed E-state index contributed by atoms with van der Waals surface area (Å²) < 4.78 is 12.5. The van der Waals surface area contributed by atoms with Crippen LogP contribution in [-0.2, 0) is 9.53 Å².